The van der Waals surface area contributed by atoms with Crippen molar-refractivity contribution in [2.45, 2.75) is 59.0 Å². The number of rotatable bonds is 8. The average Bonchev–Trinajstić information content (AvgIpc) is 2.95. The summed E-state index contributed by atoms with van der Waals surface area (Å²) in [5, 5.41) is 6.53. The molecule has 1 aromatic heterocycles. The molecule has 1 aliphatic carbocycles. The third-order valence-electron chi connectivity index (χ3n) is 3.51. The maximum atomic E-state index is 5.61. The second kappa shape index (κ2) is 8.00. The second-order valence-corrected chi connectivity index (χ2v) is 5.89. The summed E-state index contributed by atoms with van der Waals surface area (Å²) in [6.45, 7) is 7.81. The van der Waals surface area contributed by atoms with E-state index in [1.165, 1.54) is 25.7 Å². The zero-order valence-corrected chi connectivity index (χ0v) is 13.4. The van der Waals surface area contributed by atoms with E-state index in [-0.39, 0.29) is 6.10 Å². The third kappa shape index (κ3) is 5.36. The predicted octanol–water partition coefficient (Wildman–Crippen LogP) is 3.08. The number of nitrogens with one attached hydrogen (secondary N) is 2. The Balaban J connectivity index is 2.01. The lowest BCUT2D eigenvalue weighted by molar-refractivity contribution is 0.222. The Morgan fingerprint density at radius 1 is 1.10 bits per heavy atom. The Labute approximate surface area is 127 Å². The summed E-state index contributed by atoms with van der Waals surface area (Å²) in [7, 11) is 0. The van der Waals surface area contributed by atoms with Crippen molar-refractivity contribution in [2.75, 3.05) is 23.7 Å². The standard InChI is InChI=1S/C15H27N5O/c1-4-9-16-13-18-14(17-10-12-7-5-6-8-12)20-15(19-13)21-11(2)3/h11-12H,4-10H2,1-3H3,(H2,16,17,18,19,20). The van der Waals surface area contributed by atoms with Crippen molar-refractivity contribution in [3.8, 4) is 6.01 Å². The summed E-state index contributed by atoms with van der Waals surface area (Å²) < 4.78 is 5.61. The molecule has 1 fully saturated rings. The molecular weight excluding hydrogens is 266 g/mol. The van der Waals surface area contributed by atoms with Gasteiger partial charge in [-0.25, -0.2) is 0 Å². The summed E-state index contributed by atoms with van der Waals surface area (Å²) in [4.78, 5) is 13.1. The molecule has 1 saturated carbocycles. The predicted molar refractivity (Wildman–Crippen MR) is 84.8 cm³/mol. The van der Waals surface area contributed by atoms with E-state index in [2.05, 4.69) is 32.5 Å². The van der Waals surface area contributed by atoms with Crippen LogP contribution in [0.5, 0.6) is 6.01 Å². The Kier molecular flexibility index (Phi) is 6.02. The van der Waals surface area contributed by atoms with Crippen LogP contribution in [0.1, 0.15) is 52.9 Å². The fourth-order valence-corrected chi connectivity index (χ4v) is 2.47. The molecule has 0 bridgehead atoms. The maximum Gasteiger partial charge on any atom is 0.323 e. The van der Waals surface area contributed by atoms with Crippen molar-refractivity contribution in [1.29, 1.82) is 0 Å². The molecule has 21 heavy (non-hydrogen) atoms. The summed E-state index contributed by atoms with van der Waals surface area (Å²) in [5.74, 6) is 1.92. The Morgan fingerprint density at radius 2 is 1.76 bits per heavy atom. The first-order chi connectivity index (χ1) is 10.2. The molecule has 0 unspecified atom stereocenters. The van der Waals surface area contributed by atoms with Crippen molar-refractivity contribution in [1.82, 2.24) is 15.0 Å². The Hall–Kier alpha value is -1.59. The van der Waals surface area contributed by atoms with Crippen LogP contribution in [0.4, 0.5) is 11.9 Å². The van der Waals surface area contributed by atoms with E-state index in [9.17, 15) is 0 Å². The highest BCUT2D eigenvalue weighted by molar-refractivity contribution is 5.35. The van der Waals surface area contributed by atoms with Crippen LogP contribution in [-0.4, -0.2) is 34.1 Å². The molecule has 2 N–H and O–H groups in total. The molecule has 0 radical (unpaired) electrons. The van der Waals surface area contributed by atoms with E-state index >= 15 is 0 Å². The lowest BCUT2D eigenvalue weighted by atomic mass is 10.1. The van der Waals surface area contributed by atoms with Gasteiger partial charge in [0.15, 0.2) is 0 Å². The van der Waals surface area contributed by atoms with Crippen LogP contribution >= 0.6 is 0 Å². The molecule has 1 heterocycles. The highest BCUT2D eigenvalue weighted by atomic mass is 16.5. The van der Waals surface area contributed by atoms with E-state index in [4.69, 9.17) is 4.74 Å². The van der Waals surface area contributed by atoms with E-state index in [0.29, 0.717) is 17.9 Å². The number of anilines is 2. The highest BCUT2D eigenvalue weighted by Gasteiger charge is 2.16. The van der Waals surface area contributed by atoms with E-state index in [1.807, 2.05) is 13.8 Å². The van der Waals surface area contributed by atoms with Crippen LogP contribution in [-0.2, 0) is 0 Å². The zero-order valence-electron chi connectivity index (χ0n) is 13.4. The minimum Gasteiger partial charge on any atom is -0.461 e. The largest absolute Gasteiger partial charge is 0.461 e. The van der Waals surface area contributed by atoms with Crippen LogP contribution in [0.25, 0.3) is 0 Å². The monoisotopic (exact) mass is 293 g/mol. The van der Waals surface area contributed by atoms with E-state index in [1.54, 1.807) is 0 Å². The minimum atomic E-state index is 0.0501. The number of hydrogen-bond acceptors (Lipinski definition) is 6. The highest BCUT2D eigenvalue weighted by Crippen LogP contribution is 2.24. The van der Waals surface area contributed by atoms with Crippen LogP contribution in [0.15, 0.2) is 0 Å². The first-order valence-corrected chi connectivity index (χ1v) is 8.08. The van der Waals surface area contributed by atoms with Gasteiger partial charge in [0.2, 0.25) is 11.9 Å². The summed E-state index contributed by atoms with van der Waals surface area (Å²) in [6, 6.07) is 0.382. The lowest BCUT2D eigenvalue weighted by Gasteiger charge is -2.13. The van der Waals surface area contributed by atoms with Crippen LogP contribution in [0.2, 0.25) is 0 Å². The van der Waals surface area contributed by atoms with Crippen LogP contribution in [0, 0.1) is 5.92 Å². The first kappa shape index (κ1) is 15.8. The molecule has 0 saturated heterocycles. The molecule has 6 nitrogen and oxygen atoms in total. The van der Waals surface area contributed by atoms with E-state index < -0.39 is 0 Å². The van der Waals surface area contributed by atoms with Gasteiger partial charge in [-0.15, -0.1) is 0 Å². The molecule has 0 aliphatic heterocycles. The second-order valence-electron chi connectivity index (χ2n) is 5.89. The molecule has 0 aromatic carbocycles. The van der Waals surface area contributed by atoms with Gasteiger partial charge in [0.1, 0.15) is 0 Å². The van der Waals surface area contributed by atoms with Gasteiger partial charge in [-0.05, 0) is 39.0 Å². The average molecular weight is 293 g/mol. The first-order valence-electron chi connectivity index (χ1n) is 8.08. The molecule has 1 aliphatic rings. The van der Waals surface area contributed by atoms with Gasteiger partial charge < -0.3 is 15.4 Å². The molecule has 1 aromatic rings. The molecule has 6 heteroatoms. The topological polar surface area (TPSA) is 72.0 Å². The molecule has 0 amide bonds. The molecule has 2 rings (SSSR count). The molecule has 0 atom stereocenters. The van der Waals surface area contributed by atoms with Gasteiger partial charge in [-0.1, -0.05) is 19.8 Å². The van der Waals surface area contributed by atoms with Gasteiger partial charge in [0.25, 0.3) is 0 Å². The smallest absolute Gasteiger partial charge is 0.323 e. The van der Waals surface area contributed by atoms with Crippen molar-refractivity contribution in [3.63, 3.8) is 0 Å². The third-order valence-corrected chi connectivity index (χ3v) is 3.51. The molecule has 0 spiro atoms. The normalized spacial score (nSPS) is 15.4. The number of ether oxygens (including phenoxy) is 1. The summed E-state index contributed by atoms with van der Waals surface area (Å²) >= 11 is 0. The zero-order chi connectivity index (χ0) is 15.1. The van der Waals surface area contributed by atoms with Gasteiger partial charge in [0.05, 0.1) is 6.10 Å². The number of hydrogen-bond donors (Lipinski definition) is 2. The Bertz CT molecular complexity index is 432. The van der Waals surface area contributed by atoms with Crippen molar-refractivity contribution < 1.29 is 4.74 Å². The fraction of sp³-hybridized carbons (Fsp3) is 0.800. The SMILES string of the molecule is CCCNc1nc(NCC2CCCC2)nc(OC(C)C)n1. The van der Waals surface area contributed by atoms with Gasteiger partial charge in [-0.3, -0.25) is 0 Å². The Morgan fingerprint density at radius 3 is 2.38 bits per heavy atom. The minimum absolute atomic E-state index is 0.0501. The van der Waals surface area contributed by atoms with Gasteiger partial charge in [-0.2, -0.15) is 15.0 Å². The van der Waals surface area contributed by atoms with Crippen LogP contribution in [0.3, 0.4) is 0 Å². The van der Waals surface area contributed by atoms with Gasteiger partial charge in [0, 0.05) is 13.1 Å². The quantitative estimate of drug-likeness (QED) is 0.767. The van der Waals surface area contributed by atoms with Crippen LogP contribution < -0.4 is 15.4 Å². The fourth-order valence-electron chi connectivity index (χ4n) is 2.47. The molecular formula is C15H27N5O. The molecule has 118 valence electrons. The van der Waals surface area contributed by atoms with Crippen molar-refractivity contribution in [2.24, 2.45) is 5.92 Å². The summed E-state index contributed by atoms with van der Waals surface area (Å²) in [5.41, 5.74) is 0. The van der Waals surface area contributed by atoms with E-state index in [0.717, 1.165) is 25.4 Å². The number of aromatic nitrogens is 3. The lowest BCUT2D eigenvalue weighted by Crippen LogP contribution is -2.17. The van der Waals surface area contributed by atoms with Crippen molar-refractivity contribution in [3.05, 3.63) is 0 Å². The summed E-state index contributed by atoms with van der Waals surface area (Å²) in [6.07, 6.45) is 6.36. The van der Waals surface area contributed by atoms with Crippen molar-refractivity contribution >= 4 is 11.9 Å². The van der Waals surface area contributed by atoms with Gasteiger partial charge >= 0.3 is 6.01 Å². The number of nitrogens with zero attached hydrogens (tertiary/aromatic N) is 3. The maximum absolute atomic E-state index is 5.61.